The van der Waals surface area contributed by atoms with Gasteiger partial charge >= 0.3 is 0 Å². The van der Waals surface area contributed by atoms with Crippen LogP contribution in [0.3, 0.4) is 0 Å². The van der Waals surface area contributed by atoms with Gasteiger partial charge in [-0.05, 0) is 36.8 Å². The van der Waals surface area contributed by atoms with Crippen molar-refractivity contribution in [2.45, 2.75) is 18.4 Å². The molecule has 2 aromatic carbocycles. The Labute approximate surface area is 139 Å². The van der Waals surface area contributed by atoms with Crippen LogP contribution in [0.5, 0.6) is 0 Å². The lowest BCUT2D eigenvalue weighted by Crippen LogP contribution is -2.08. The fourth-order valence-corrected chi connectivity index (χ4v) is 3.73. The van der Waals surface area contributed by atoms with Crippen molar-refractivity contribution in [2.75, 3.05) is 0 Å². The Morgan fingerprint density at radius 1 is 1.08 bits per heavy atom. The van der Waals surface area contributed by atoms with Crippen LogP contribution in [0.15, 0.2) is 59.2 Å². The number of hydrogen-bond acceptors (Lipinski definition) is 4. The first kappa shape index (κ1) is 16.4. The summed E-state index contributed by atoms with van der Waals surface area (Å²) in [6.07, 6.45) is 1.35. The number of hydrogen-bond donors (Lipinski definition) is 0. The lowest BCUT2D eigenvalue weighted by atomic mass is 10.1. The highest BCUT2D eigenvalue weighted by atomic mass is 32.2. The summed E-state index contributed by atoms with van der Waals surface area (Å²) in [5.41, 5.74) is 2.65. The molecule has 0 amide bonds. The van der Waals surface area contributed by atoms with Crippen LogP contribution in [-0.2, 0) is 21.3 Å². The molecule has 4 nitrogen and oxygen atoms in total. The summed E-state index contributed by atoms with van der Waals surface area (Å²) in [6, 6.07) is 13.2. The largest absolute Gasteiger partial charge is 0.444 e. The Hall–Kier alpha value is -2.47. The van der Waals surface area contributed by atoms with Crippen molar-refractivity contribution in [2.24, 2.45) is 0 Å². The third-order valence-electron chi connectivity index (χ3n) is 3.49. The highest BCUT2D eigenvalue weighted by Crippen LogP contribution is 2.21. The van der Waals surface area contributed by atoms with E-state index in [0.717, 1.165) is 11.1 Å². The molecule has 1 heterocycles. The Morgan fingerprint density at radius 3 is 2.54 bits per heavy atom. The van der Waals surface area contributed by atoms with Crippen LogP contribution in [0, 0.1) is 12.7 Å². The molecule has 0 aliphatic carbocycles. The van der Waals surface area contributed by atoms with Crippen LogP contribution in [0.4, 0.5) is 4.39 Å². The SMILES string of the molecule is Cc1ccc(-c2nc(CS(=O)(=O)Cc3cccc(F)c3)co2)cc1. The monoisotopic (exact) mass is 345 g/mol. The molecular formula is C18H16FNO3S. The van der Waals surface area contributed by atoms with E-state index < -0.39 is 15.7 Å². The molecule has 0 atom stereocenters. The third-order valence-corrected chi connectivity index (χ3v) is 5.00. The fraction of sp³-hybridized carbons (Fsp3) is 0.167. The molecule has 3 aromatic rings. The van der Waals surface area contributed by atoms with Gasteiger partial charge in [-0.15, -0.1) is 0 Å². The van der Waals surface area contributed by atoms with E-state index in [0.29, 0.717) is 17.1 Å². The van der Waals surface area contributed by atoms with Gasteiger partial charge in [0.05, 0.1) is 17.2 Å². The summed E-state index contributed by atoms with van der Waals surface area (Å²) in [6.45, 7) is 1.98. The summed E-state index contributed by atoms with van der Waals surface area (Å²) in [4.78, 5) is 4.23. The van der Waals surface area contributed by atoms with E-state index in [9.17, 15) is 12.8 Å². The maximum atomic E-state index is 13.2. The van der Waals surface area contributed by atoms with Crippen molar-refractivity contribution < 1.29 is 17.2 Å². The van der Waals surface area contributed by atoms with Crippen LogP contribution in [0.25, 0.3) is 11.5 Å². The second-order valence-corrected chi connectivity index (χ2v) is 7.74. The standard InChI is InChI=1S/C18H16FNO3S/c1-13-5-7-15(8-6-13)18-20-17(10-23-18)12-24(21,22)11-14-3-2-4-16(19)9-14/h2-10H,11-12H2,1H3. The molecule has 24 heavy (non-hydrogen) atoms. The number of nitrogens with zero attached hydrogens (tertiary/aromatic N) is 1. The molecule has 0 aliphatic heterocycles. The van der Waals surface area contributed by atoms with Crippen LogP contribution < -0.4 is 0 Å². The smallest absolute Gasteiger partial charge is 0.226 e. The molecule has 0 spiro atoms. The third kappa shape index (κ3) is 4.08. The highest BCUT2D eigenvalue weighted by molar-refractivity contribution is 7.89. The van der Waals surface area contributed by atoms with Crippen LogP contribution in [-0.4, -0.2) is 13.4 Å². The van der Waals surface area contributed by atoms with E-state index >= 15 is 0 Å². The van der Waals surface area contributed by atoms with Crippen molar-refractivity contribution in [3.05, 3.63) is 77.4 Å². The zero-order valence-corrected chi connectivity index (χ0v) is 13.9. The van der Waals surface area contributed by atoms with Crippen LogP contribution in [0.1, 0.15) is 16.8 Å². The molecule has 0 unspecified atom stereocenters. The molecular weight excluding hydrogens is 329 g/mol. The van der Waals surface area contributed by atoms with Gasteiger partial charge in [-0.2, -0.15) is 0 Å². The van der Waals surface area contributed by atoms with Gasteiger partial charge in [0.15, 0.2) is 9.84 Å². The number of aryl methyl sites for hydroxylation is 1. The van der Waals surface area contributed by atoms with Gasteiger partial charge in [0, 0.05) is 5.56 Å². The van der Waals surface area contributed by atoms with Crippen molar-refractivity contribution in [3.8, 4) is 11.5 Å². The van der Waals surface area contributed by atoms with Crippen molar-refractivity contribution in [1.82, 2.24) is 4.98 Å². The molecule has 0 radical (unpaired) electrons. The molecule has 0 saturated carbocycles. The van der Waals surface area contributed by atoms with E-state index in [1.165, 1.54) is 24.5 Å². The minimum atomic E-state index is -3.47. The van der Waals surface area contributed by atoms with Gasteiger partial charge in [-0.3, -0.25) is 0 Å². The molecule has 0 fully saturated rings. The van der Waals surface area contributed by atoms with E-state index in [-0.39, 0.29) is 11.5 Å². The van der Waals surface area contributed by atoms with Gasteiger partial charge in [0.2, 0.25) is 5.89 Å². The summed E-state index contributed by atoms with van der Waals surface area (Å²) < 4.78 is 43.1. The first-order valence-corrected chi connectivity index (χ1v) is 9.20. The molecule has 124 valence electrons. The van der Waals surface area contributed by atoms with Crippen molar-refractivity contribution in [3.63, 3.8) is 0 Å². The minimum Gasteiger partial charge on any atom is -0.444 e. The molecule has 0 aliphatic rings. The molecule has 3 rings (SSSR count). The zero-order chi connectivity index (χ0) is 17.2. The van der Waals surface area contributed by atoms with Gasteiger partial charge in [-0.25, -0.2) is 17.8 Å². The van der Waals surface area contributed by atoms with Gasteiger partial charge in [0.25, 0.3) is 0 Å². The van der Waals surface area contributed by atoms with Gasteiger partial charge in [-0.1, -0.05) is 29.8 Å². The van der Waals surface area contributed by atoms with Crippen molar-refractivity contribution in [1.29, 1.82) is 0 Å². The highest BCUT2D eigenvalue weighted by Gasteiger charge is 2.17. The normalized spacial score (nSPS) is 11.6. The summed E-state index contributed by atoms with van der Waals surface area (Å²) in [5.74, 6) is -0.562. The fourth-order valence-electron chi connectivity index (χ4n) is 2.36. The van der Waals surface area contributed by atoms with E-state index in [1.54, 1.807) is 6.07 Å². The number of halogens is 1. The Balaban J connectivity index is 1.75. The quantitative estimate of drug-likeness (QED) is 0.703. The molecule has 0 bridgehead atoms. The lowest BCUT2D eigenvalue weighted by molar-refractivity contribution is 0.571. The Morgan fingerprint density at radius 2 is 1.83 bits per heavy atom. The predicted molar refractivity (Wildman–Crippen MR) is 89.4 cm³/mol. The van der Waals surface area contributed by atoms with E-state index in [2.05, 4.69) is 4.98 Å². The lowest BCUT2D eigenvalue weighted by Gasteiger charge is -2.02. The minimum absolute atomic E-state index is 0.239. The zero-order valence-electron chi connectivity index (χ0n) is 13.1. The van der Waals surface area contributed by atoms with Crippen LogP contribution >= 0.6 is 0 Å². The first-order valence-electron chi connectivity index (χ1n) is 7.38. The molecule has 0 saturated heterocycles. The second-order valence-electron chi connectivity index (χ2n) is 5.67. The average Bonchev–Trinajstić information content (AvgIpc) is 2.95. The Kier molecular flexibility index (Phi) is 4.49. The van der Waals surface area contributed by atoms with E-state index in [4.69, 9.17) is 4.42 Å². The maximum Gasteiger partial charge on any atom is 0.226 e. The number of rotatable bonds is 5. The van der Waals surface area contributed by atoms with Gasteiger partial charge < -0.3 is 4.42 Å². The maximum absolute atomic E-state index is 13.2. The van der Waals surface area contributed by atoms with Crippen molar-refractivity contribution >= 4 is 9.84 Å². The summed E-state index contributed by atoms with van der Waals surface area (Å²) in [5, 5.41) is 0. The number of aromatic nitrogens is 1. The number of sulfone groups is 1. The first-order chi connectivity index (χ1) is 11.4. The molecule has 6 heteroatoms. The predicted octanol–water partition coefficient (Wildman–Crippen LogP) is 3.90. The molecule has 0 N–H and O–H groups in total. The summed E-state index contributed by atoms with van der Waals surface area (Å²) in [7, 11) is -3.47. The van der Waals surface area contributed by atoms with Crippen LogP contribution in [0.2, 0.25) is 0 Å². The second kappa shape index (κ2) is 6.57. The summed E-state index contributed by atoms with van der Waals surface area (Å²) >= 11 is 0. The average molecular weight is 345 g/mol. The van der Waals surface area contributed by atoms with Gasteiger partial charge in [0.1, 0.15) is 12.1 Å². The molecule has 1 aromatic heterocycles. The van der Waals surface area contributed by atoms with E-state index in [1.807, 2.05) is 31.2 Å². The number of oxazole rings is 1. The Bertz CT molecular complexity index is 946. The topological polar surface area (TPSA) is 60.2 Å². The number of benzene rings is 2.